The first-order valence-corrected chi connectivity index (χ1v) is 16.6. The zero-order chi connectivity index (χ0) is 36.7. The molecule has 2 aliphatic rings. The van der Waals surface area contributed by atoms with Gasteiger partial charge in [-0.2, -0.15) is 0 Å². The Kier molecular flexibility index (Phi) is 11.7. The number of imidazole rings is 2. The van der Waals surface area contributed by atoms with E-state index in [0.29, 0.717) is 36.8 Å². The predicted octanol–water partition coefficient (Wildman–Crippen LogP) is 1.04. The topological polar surface area (TPSA) is 184 Å². The molecule has 51 heavy (non-hydrogen) atoms. The van der Waals surface area contributed by atoms with Crippen molar-refractivity contribution in [2.24, 2.45) is 0 Å². The Labute approximate surface area is 297 Å². The van der Waals surface area contributed by atoms with Crippen LogP contribution in [-0.2, 0) is 35.8 Å². The smallest absolute Gasteiger partial charge is 0.272 e. The molecule has 4 heterocycles. The number of hydrogen-bond acceptors (Lipinski definition) is 8. The fraction of sp³-hybridized carbons (Fsp3) is 0.343. The molecular formula is C35H41BN10O5. The molecule has 0 saturated heterocycles. The van der Waals surface area contributed by atoms with Crippen LogP contribution in [0.15, 0.2) is 60.7 Å². The van der Waals surface area contributed by atoms with Crippen molar-refractivity contribution in [3.05, 3.63) is 83.4 Å². The maximum absolute atomic E-state index is 12.8. The summed E-state index contributed by atoms with van der Waals surface area (Å²) in [6, 6.07) is 18.0. The molecule has 2 atom stereocenters. The number of aromatic nitrogens is 4. The van der Waals surface area contributed by atoms with E-state index >= 15 is 0 Å². The van der Waals surface area contributed by atoms with Crippen LogP contribution in [0, 0.1) is 0 Å². The molecule has 0 saturated carbocycles. The molecule has 16 heteroatoms. The lowest BCUT2D eigenvalue weighted by atomic mass is 10.1. The maximum atomic E-state index is 12.8. The summed E-state index contributed by atoms with van der Waals surface area (Å²) in [4.78, 5) is 70.9. The minimum absolute atomic E-state index is 0.187. The van der Waals surface area contributed by atoms with E-state index in [9.17, 15) is 24.0 Å². The number of amides is 5. The van der Waals surface area contributed by atoms with E-state index in [1.807, 2.05) is 65.2 Å². The summed E-state index contributed by atoms with van der Waals surface area (Å²) < 4.78 is 4.00. The van der Waals surface area contributed by atoms with Crippen LogP contribution < -0.4 is 26.6 Å². The number of rotatable bonds is 8. The molecule has 0 spiro atoms. The van der Waals surface area contributed by atoms with Crippen LogP contribution in [0.5, 0.6) is 0 Å². The number of benzene rings is 2. The molecule has 4 aromatic rings. The quantitative estimate of drug-likeness (QED) is 0.170. The minimum Gasteiger partial charge on any atom is -0.357 e. The summed E-state index contributed by atoms with van der Waals surface area (Å²) in [6.07, 6.45) is 0. The zero-order valence-electron chi connectivity index (χ0n) is 29.0. The number of nitrogens with zero attached hydrogens (tertiary/aromatic N) is 5. The van der Waals surface area contributed by atoms with Crippen molar-refractivity contribution in [1.29, 1.82) is 0 Å². The molecule has 264 valence electrons. The second kappa shape index (κ2) is 16.3. The first-order chi connectivity index (χ1) is 24.5. The fourth-order valence-corrected chi connectivity index (χ4v) is 5.93. The van der Waals surface area contributed by atoms with Gasteiger partial charge in [-0.05, 0) is 13.8 Å². The Morgan fingerprint density at radius 1 is 0.706 bits per heavy atom. The van der Waals surface area contributed by atoms with Gasteiger partial charge in [-0.3, -0.25) is 24.0 Å². The van der Waals surface area contributed by atoms with E-state index in [0.717, 1.165) is 35.7 Å². The van der Waals surface area contributed by atoms with Gasteiger partial charge in [0.15, 0.2) is 17.2 Å². The van der Waals surface area contributed by atoms with Crippen LogP contribution in [0.3, 0.4) is 0 Å². The summed E-state index contributed by atoms with van der Waals surface area (Å²) >= 11 is 0. The third-order valence-corrected chi connectivity index (χ3v) is 8.66. The van der Waals surface area contributed by atoms with Crippen LogP contribution in [0.2, 0.25) is 0 Å². The van der Waals surface area contributed by atoms with Gasteiger partial charge in [0.25, 0.3) is 11.8 Å². The highest BCUT2D eigenvalue weighted by Crippen LogP contribution is 2.27. The van der Waals surface area contributed by atoms with Gasteiger partial charge >= 0.3 is 0 Å². The summed E-state index contributed by atoms with van der Waals surface area (Å²) in [5.74, 6) is -0.466. The highest BCUT2D eigenvalue weighted by molar-refractivity contribution is 6.56. The third-order valence-electron chi connectivity index (χ3n) is 8.66. The van der Waals surface area contributed by atoms with Gasteiger partial charge in [0, 0.05) is 57.9 Å². The van der Waals surface area contributed by atoms with Crippen LogP contribution in [0.25, 0.3) is 22.8 Å². The lowest BCUT2D eigenvalue weighted by Crippen LogP contribution is -2.44. The number of nitrogens with one attached hydrogen (secondary N) is 5. The van der Waals surface area contributed by atoms with E-state index < -0.39 is 23.8 Å². The minimum atomic E-state index is -0.712. The molecule has 0 aliphatic carbocycles. The summed E-state index contributed by atoms with van der Waals surface area (Å²) in [7, 11) is 8.46. The summed E-state index contributed by atoms with van der Waals surface area (Å²) in [5.41, 5.74) is 3.85. The number of fused-ring (bicyclic) bond motifs is 2. The van der Waals surface area contributed by atoms with E-state index in [-0.39, 0.29) is 30.0 Å². The zero-order valence-corrected chi connectivity index (χ0v) is 29.0. The van der Waals surface area contributed by atoms with Crippen molar-refractivity contribution in [1.82, 2.24) is 50.6 Å². The summed E-state index contributed by atoms with van der Waals surface area (Å²) in [5, 5.41) is 13.6. The molecule has 15 nitrogen and oxygen atoms in total. The standard InChI is InChI=1S/C18H20BN5O3.C17H21N5O2/c1-11(16(25)20-2)21-17(26)14-13-10-23(18(19)27)8-9-24(13)15(22-14)12-6-4-3-5-7-12;1-11(16(23)18-2)20-17(24)14-13-10-19-8-9-22(13)15(21-14)12-6-4-3-5-7-12/h3-7,11H,8-10H2,1-2H3,(H,20,25)(H,21,26);3-7,11,19H,8-10H2,1-2H3,(H,18,23)(H,20,24)/t2*11-/m00/s1. The van der Waals surface area contributed by atoms with Crippen molar-refractivity contribution in [2.45, 2.75) is 52.1 Å². The Balaban J connectivity index is 0.000000199. The second-order valence-electron chi connectivity index (χ2n) is 12.1. The first kappa shape index (κ1) is 36.5. The molecule has 6 rings (SSSR count). The van der Waals surface area contributed by atoms with E-state index in [1.165, 1.54) is 11.9 Å². The highest BCUT2D eigenvalue weighted by Gasteiger charge is 2.30. The van der Waals surface area contributed by atoms with Gasteiger partial charge in [0.05, 0.1) is 17.9 Å². The van der Waals surface area contributed by atoms with Gasteiger partial charge < -0.3 is 40.6 Å². The number of likely N-dealkylation sites (N-methyl/N-ethyl adjacent to an activating group) is 2. The molecule has 2 aromatic carbocycles. The van der Waals surface area contributed by atoms with Gasteiger partial charge in [0.2, 0.25) is 19.7 Å². The number of carbonyl (C=O) groups is 5. The Bertz CT molecular complexity index is 1910. The highest BCUT2D eigenvalue weighted by atomic mass is 16.2. The predicted molar refractivity (Wildman–Crippen MR) is 191 cm³/mol. The average Bonchev–Trinajstić information content (AvgIpc) is 3.74. The molecule has 0 fully saturated rings. The van der Waals surface area contributed by atoms with Crippen molar-refractivity contribution in [3.63, 3.8) is 0 Å². The van der Waals surface area contributed by atoms with Crippen LogP contribution in [0.1, 0.15) is 46.2 Å². The van der Waals surface area contributed by atoms with Crippen LogP contribution >= 0.6 is 0 Å². The largest absolute Gasteiger partial charge is 0.357 e. The molecule has 2 aliphatic heterocycles. The lowest BCUT2D eigenvalue weighted by Gasteiger charge is -2.29. The van der Waals surface area contributed by atoms with Crippen molar-refractivity contribution in [3.8, 4) is 22.8 Å². The van der Waals surface area contributed by atoms with E-state index in [4.69, 9.17) is 7.85 Å². The lowest BCUT2D eigenvalue weighted by molar-refractivity contribution is -0.122. The van der Waals surface area contributed by atoms with E-state index in [1.54, 1.807) is 20.9 Å². The van der Waals surface area contributed by atoms with Gasteiger partial charge in [0.1, 0.15) is 23.7 Å². The molecule has 2 aromatic heterocycles. The molecule has 5 N–H and O–H groups in total. The van der Waals surface area contributed by atoms with Crippen molar-refractivity contribution in [2.75, 3.05) is 27.2 Å². The van der Waals surface area contributed by atoms with Crippen LogP contribution in [-0.4, -0.2) is 101 Å². The monoisotopic (exact) mass is 692 g/mol. The number of carbonyl (C=O) groups excluding carboxylic acids is 5. The van der Waals surface area contributed by atoms with Gasteiger partial charge in [-0.15, -0.1) is 0 Å². The first-order valence-electron chi connectivity index (χ1n) is 16.6. The molecule has 0 unspecified atom stereocenters. The fourth-order valence-electron chi connectivity index (χ4n) is 5.93. The van der Waals surface area contributed by atoms with Gasteiger partial charge in [-0.25, -0.2) is 9.97 Å². The van der Waals surface area contributed by atoms with Gasteiger partial charge in [-0.1, -0.05) is 60.7 Å². The molecule has 5 amide bonds. The van der Waals surface area contributed by atoms with Crippen LogP contribution in [0.4, 0.5) is 4.79 Å². The second-order valence-corrected chi connectivity index (χ2v) is 12.1. The van der Waals surface area contributed by atoms with Crippen molar-refractivity contribution < 1.29 is 24.0 Å². The third kappa shape index (κ3) is 8.18. The molecule has 0 bridgehead atoms. The molecular weight excluding hydrogens is 651 g/mol. The molecule has 2 radical (unpaired) electrons. The Hall–Kier alpha value is -5.77. The Morgan fingerprint density at radius 3 is 1.65 bits per heavy atom. The number of hydrogen-bond donors (Lipinski definition) is 5. The Morgan fingerprint density at radius 2 is 1.18 bits per heavy atom. The van der Waals surface area contributed by atoms with E-state index in [2.05, 4.69) is 41.1 Å². The average molecular weight is 693 g/mol. The SMILES string of the molecule is CNC(=O)[C@H](C)NC(=O)c1nc(-c2ccccc2)n2c1CNCC2.[B]C(=O)N1CCn2c(-c3ccccc3)nc(C(=O)N[C@@H](C)C(=O)NC)c2C1. The maximum Gasteiger partial charge on any atom is 0.272 e. The summed E-state index contributed by atoms with van der Waals surface area (Å²) in [6.45, 7) is 6.51. The van der Waals surface area contributed by atoms with Crippen molar-refractivity contribution >= 4 is 37.3 Å². The normalized spacial score (nSPS) is 14.4.